The maximum absolute atomic E-state index is 11.9. The zero-order valence-corrected chi connectivity index (χ0v) is 17.9. The number of nitrogens with one attached hydrogen (secondary N) is 2. The number of rotatable bonds is 12. The van der Waals surface area contributed by atoms with E-state index in [4.69, 9.17) is 9.47 Å². The third-order valence-electron chi connectivity index (χ3n) is 4.16. The molecule has 28 heavy (non-hydrogen) atoms. The number of ether oxygens (including phenoxy) is 2. The van der Waals surface area contributed by atoms with Crippen LogP contribution in [-0.4, -0.2) is 41.6 Å². The van der Waals surface area contributed by atoms with Gasteiger partial charge in [-0.2, -0.15) is 4.98 Å². The van der Waals surface area contributed by atoms with Crippen LogP contribution in [0.15, 0.2) is 6.20 Å². The van der Waals surface area contributed by atoms with Crippen molar-refractivity contribution in [1.29, 1.82) is 0 Å². The summed E-state index contributed by atoms with van der Waals surface area (Å²) >= 11 is 0. The van der Waals surface area contributed by atoms with Crippen LogP contribution in [0.5, 0.6) is 5.75 Å². The first-order valence-corrected chi connectivity index (χ1v) is 9.93. The fourth-order valence-electron chi connectivity index (χ4n) is 2.34. The van der Waals surface area contributed by atoms with Crippen LogP contribution in [-0.2, 0) is 14.3 Å². The van der Waals surface area contributed by atoms with Gasteiger partial charge in [0.05, 0.1) is 25.8 Å². The van der Waals surface area contributed by atoms with Crippen molar-refractivity contribution in [3.8, 4) is 5.75 Å². The van der Waals surface area contributed by atoms with Crippen molar-refractivity contribution in [2.45, 2.75) is 66.3 Å². The van der Waals surface area contributed by atoms with Crippen molar-refractivity contribution >= 4 is 23.6 Å². The van der Waals surface area contributed by atoms with Gasteiger partial charge in [-0.05, 0) is 6.42 Å². The fourth-order valence-corrected chi connectivity index (χ4v) is 2.34. The van der Waals surface area contributed by atoms with Crippen molar-refractivity contribution < 1.29 is 19.1 Å². The first kappa shape index (κ1) is 23.7. The Hall–Kier alpha value is -2.38. The van der Waals surface area contributed by atoms with E-state index in [2.05, 4.69) is 27.5 Å². The van der Waals surface area contributed by atoms with Gasteiger partial charge in [-0.3, -0.25) is 14.9 Å². The van der Waals surface area contributed by atoms with Crippen LogP contribution in [0.2, 0.25) is 0 Å². The number of hydrogen-bond donors (Lipinski definition) is 2. The summed E-state index contributed by atoms with van der Waals surface area (Å²) in [5.41, 5.74) is 0. The molecule has 1 aromatic heterocycles. The smallest absolute Gasteiger partial charge is 0.308 e. The largest absolute Gasteiger partial charge is 0.491 e. The van der Waals surface area contributed by atoms with Gasteiger partial charge < -0.3 is 14.8 Å². The Morgan fingerprint density at radius 3 is 2.43 bits per heavy atom. The SMILES string of the molecule is CCCC[C@@H](CCOC(=O)C(C)C)Nc1nc(NC(=O)C(C)C)ncc1OC. The lowest BCUT2D eigenvalue weighted by Gasteiger charge is -2.21. The number of esters is 1. The van der Waals surface area contributed by atoms with Crippen LogP contribution in [0.3, 0.4) is 0 Å². The van der Waals surface area contributed by atoms with Gasteiger partial charge >= 0.3 is 5.97 Å². The lowest BCUT2D eigenvalue weighted by molar-refractivity contribution is -0.147. The normalized spacial score (nSPS) is 12.0. The van der Waals surface area contributed by atoms with E-state index in [9.17, 15) is 9.59 Å². The molecule has 0 saturated carbocycles. The zero-order valence-electron chi connectivity index (χ0n) is 17.9. The van der Waals surface area contributed by atoms with E-state index >= 15 is 0 Å². The van der Waals surface area contributed by atoms with Crippen molar-refractivity contribution in [1.82, 2.24) is 9.97 Å². The number of amides is 1. The van der Waals surface area contributed by atoms with Gasteiger partial charge in [-0.15, -0.1) is 0 Å². The van der Waals surface area contributed by atoms with Crippen LogP contribution in [0, 0.1) is 11.8 Å². The standard InChI is InChI=1S/C20H34N4O4/c1-7-8-9-15(10-11-28-19(26)14(4)5)22-17-16(27-6)12-21-20(23-17)24-18(25)13(2)3/h12-15H,7-11H2,1-6H3,(H2,21,22,23,24,25)/t15-/m0/s1. The van der Waals surface area contributed by atoms with E-state index in [1.165, 1.54) is 6.20 Å². The Morgan fingerprint density at radius 2 is 1.86 bits per heavy atom. The van der Waals surface area contributed by atoms with Crippen molar-refractivity contribution in [2.24, 2.45) is 11.8 Å². The molecule has 1 atom stereocenters. The molecule has 0 aliphatic carbocycles. The van der Waals surface area contributed by atoms with Crippen LogP contribution in [0.1, 0.15) is 60.3 Å². The van der Waals surface area contributed by atoms with Crippen LogP contribution >= 0.6 is 0 Å². The molecule has 0 aliphatic heterocycles. The number of methoxy groups -OCH3 is 1. The first-order valence-electron chi connectivity index (χ1n) is 9.93. The van der Waals surface area contributed by atoms with E-state index in [0.29, 0.717) is 24.6 Å². The molecule has 1 heterocycles. The van der Waals surface area contributed by atoms with E-state index in [1.54, 1.807) is 21.0 Å². The quantitative estimate of drug-likeness (QED) is 0.522. The van der Waals surface area contributed by atoms with Gasteiger partial charge in [0, 0.05) is 18.4 Å². The fraction of sp³-hybridized carbons (Fsp3) is 0.700. The average Bonchev–Trinajstić information content (AvgIpc) is 2.65. The lowest BCUT2D eigenvalue weighted by atomic mass is 10.1. The molecule has 0 fully saturated rings. The second-order valence-electron chi connectivity index (χ2n) is 7.35. The topological polar surface area (TPSA) is 102 Å². The minimum Gasteiger partial charge on any atom is -0.491 e. The predicted molar refractivity (Wildman–Crippen MR) is 109 cm³/mol. The molecule has 0 spiro atoms. The molecule has 0 saturated heterocycles. The Labute approximate surface area is 167 Å². The number of anilines is 2. The second kappa shape index (κ2) is 12.2. The van der Waals surface area contributed by atoms with E-state index in [-0.39, 0.29) is 35.7 Å². The summed E-state index contributed by atoms with van der Waals surface area (Å²) in [5.74, 6) is 0.552. The number of aromatic nitrogens is 2. The molecule has 8 heteroatoms. The Kier molecular flexibility index (Phi) is 10.3. The third kappa shape index (κ3) is 8.10. The molecule has 0 radical (unpaired) electrons. The summed E-state index contributed by atoms with van der Waals surface area (Å²) in [4.78, 5) is 32.1. The van der Waals surface area contributed by atoms with Gasteiger partial charge in [0.25, 0.3) is 0 Å². The number of carbonyl (C=O) groups is 2. The molecule has 2 N–H and O–H groups in total. The van der Waals surface area contributed by atoms with E-state index in [1.807, 2.05) is 13.8 Å². The van der Waals surface area contributed by atoms with E-state index < -0.39 is 0 Å². The van der Waals surface area contributed by atoms with Crippen LogP contribution < -0.4 is 15.4 Å². The molecule has 1 amide bonds. The van der Waals surface area contributed by atoms with Crippen molar-refractivity contribution in [2.75, 3.05) is 24.4 Å². The molecule has 1 aromatic rings. The molecule has 0 bridgehead atoms. The molecule has 0 aromatic carbocycles. The van der Waals surface area contributed by atoms with Crippen LogP contribution in [0.4, 0.5) is 11.8 Å². The van der Waals surface area contributed by atoms with Gasteiger partial charge in [-0.1, -0.05) is 47.5 Å². The van der Waals surface area contributed by atoms with E-state index in [0.717, 1.165) is 19.3 Å². The second-order valence-corrected chi connectivity index (χ2v) is 7.35. The highest BCUT2D eigenvalue weighted by Gasteiger charge is 2.17. The Bertz CT molecular complexity index is 635. The summed E-state index contributed by atoms with van der Waals surface area (Å²) < 4.78 is 10.7. The summed E-state index contributed by atoms with van der Waals surface area (Å²) in [6, 6.07) is 0.0531. The summed E-state index contributed by atoms with van der Waals surface area (Å²) in [6.45, 7) is 9.69. The minimum absolute atomic E-state index is 0.0531. The summed E-state index contributed by atoms with van der Waals surface area (Å²) in [6.07, 6.45) is 5.16. The van der Waals surface area contributed by atoms with Gasteiger partial charge in [0.15, 0.2) is 11.6 Å². The van der Waals surface area contributed by atoms with Crippen molar-refractivity contribution in [3.05, 3.63) is 6.20 Å². The van der Waals surface area contributed by atoms with Crippen molar-refractivity contribution in [3.63, 3.8) is 0 Å². The lowest BCUT2D eigenvalue weighted by Crippen LogP contribution is -2.25. The molecular formula is C20H34N4O4. The highest BCUT2D eigenvalue weighted by molar-refractivity contribution is 5.90. The highest BCUT2D eigenvalue weighted by Crippen LogP contribution is 2.24. The Balaban J connectivity index is 2.86. The summed E-state index contributed by atoms with van der Waals surface area (Å²) in [7, 11) is 1.54. The number of nitrogens with zero attached hydrogens (tertiary/aromatic N) is 2. The van der Waals surface area contributed by atoms with Gasteiger partial charge in [0.2, 0.25) is 11.9 Å². The predicted octanol–water partition coefficient (Wildman–Crippen LogP) is 3.64. The monoisotopic (exact) mass is 394 g/mol. The van der Waals surface area contributed by atoms with Crippen LogP contribution in [0.25, 0.3) is 0 Å². The van der Waals surface area contributed by atoms with Gasteiger partial charge in [-0.25, -0.2) is 4.98 Å². The highest BCUT2D eigenvalue weighted by atomic mass is 16.5. The maximum Gasteiger partial charge on any atom is 0.308 e. The average molecular weight is 395 g/mol. The first-order chi connectivity index (χ1) is 13.3. The maximum atomic E-state index is 11.9. The number of hydrogen-bond acceptors (Lipinski definition) is 7. The molecular weight excluding hydrogens is 360 g/mol. The van der Waals surface area contributed by atoms with Gasteiger partial charge in [0.1, 0.15) is 0 Å². The molecule has 158 valence electrons. The molecule has 0 unspecified atom stereocenters. The Morgan fingerprint density at radius 1 is 1.14 bits per heavy atom. The number of unbranched alkanes of at least 4 members (excludes halogenated alkanes) is 1. The zero-order chi connectivity index (χ0) is 21.1. The third-order valence-corrected chi connectivity index (χ3v) is 4.16. The molecule has 0 aliphatic rings. The minimum atomic E-state index is -0.201. The molecule has 1 rings (SSSR count). The molecule has 8 nitrogen and oxygen atoms in total. The summed E-state index contributed by atoms with van der Waals surface area (Å²) in [5, 5.41) is 6.05. The number of carbonyl (C=O) groups excluding carboxylic acids is 2.